The lowest BCUT2D eigenvalue weighted by molar-refractivity contribution is -0.125. The van der Waals surface area contributed by atoms with E-state index in [1.807, 2.05) is 43.4 Å². The number of aromatic nitrogens is 4. The van der Waals surface area contributed by atoms with Gasteiger partial charge in [-0.2, -0.15) is 10.1 Å². The summed E-state index contributed by atoms with van der Waals surface area (Å²) in [4.78, 5) is 25.0. The van der Waals surface area contributed by atoms with E-state index in [4.69, 9.17) is 9.97 Å². The Balaban J connectivity index is 1.29. The Labute approximate surface area is 191 Å². The first-order valence-electron chi connectivity index (χ1n) is 11.2. The van der Waals surface area contributed by atoms with Crippen LogP contribution >= 0.6 is 11.3 Å². The maximum Gasteiger partial charge on any atom is 0.226 e. The van der Waals surface area contributed by atoms with Crippen molar-refractivity contribution in [3.8, 4) is 0 Å². The Morgan fingerprint density at radius 2 is 2.00 bits per heavy atom. The number of fused-ring (bicyclic) bond motifs is 3. The second-order valence-electron chi connectivity index (χ2n) is 9.34. The highest BCUT2D eigenvalue weighted by atomic mass is 32.1. The molecule has 3 aromatic rings. The van der Waals surface area contributed by atoms with Crippen molar-refractivity contribution in [3.05, 3.63) is 23.2 Å². The molecule has 5 heterocycles. The molecule has 170 valence electrons. The minimum atomic E-state index is 0.168. The van der Waals surface area contributed by atoms with Crippen LogP contribution in [0.3, 0.4) is 0 Å². The van der Waals surface area contributed by atoms with Crippen LogP contribution in [0.25, 0.3) is 10.2 Å². The Morgan fingerprint density at radius 1 is 1.22 bits per heavy atom. The van der Waals surface area contributed by atoms with Crippen molar-refractivity contribution in [1.82, 2.24) is 30.4 Å². The summed E-state index contributed by atoms with van der Waals surface area (Å²) in [6, 6.07) is 4.98. The van der Waals surface area contributed by atoms with E-state index in [-0.39, 0.29) is 12.0 Å². The smallest absolute Gasteiger partial charge is 0.226 e. The number of piperidine rings is 2. The normalized spacial score (nSPS) is 25.2. The lowest BCUT2D eigenvalue weighted by atomic mass is 9.76. The quantitative estimate of drug-likeness (QED) is 0.431. The van der Waals surface area contributed by atoms with Crippen molar-refractivity contribution < 1.29 is 4.79 Å². The van der Waals surface area contributed by atoms with E-state index in [0.29, 0.717) is 30.4 Å². The summed E-state index contributed by atoms with van der Waals surface area (Å²) in [5.41, 5.74) is 0.991. The molecule has 2 fully saturated rings. The van der Waals surface area contributed by atoms with Gasteiger partial charge in [-0.25, -0.2) is 4.98 Å². The van der Waals surface area contributed by atoms with Gasteiger partial charge in [-0.1, -0.05) is 0 Å². The number of Topliss-reactive ketones (excluding diaryl/α,β-unsaturated/α-hetero) is 1. The number of aromatic amines is 1. The number of carbonyl (C=O) groups is 1. The lowest BCUT2D eigenvalue weighted by Gasteiger charge is -2.43. The maximum atomic E-state index is 12.6. The molecule has 0 amide bonds. The van der Waals surface area contributed by atoms with Crippen LogP contribution in [-0.4, -0.2) is 69.6 Å². The highest BCUT2D eigenvalue weighted by molar-refractivity contribution is 7.16. The van der Waals surface area contributed by atoms with Crippen LogP contribution in [0.5, 0.6) is 0 Å². The third-order valence-corrected chi connectivity index (χ3v) is 7.09. The van der Waals surface area contributed by atoms with Crippen LogP contribution in [-0.2, 0) is 4.79 Å². The Kier molecular flexibility index (Phi) is 5.83. The van der Waals surface area contributed by atoms with Crippen molar-refractivity contribution in [2.24, 2.45) is 5.92 Å². The molecule has 2 aliphatic rings. The van der Waals surface area contributed by atoms with Gasteiger partial charge in [-0.05, 0) is 58.1 Å². The largest absolute Gasteiger partial charge is 0.351 e. The minimum absolute atomic E-state index is 0.168. The number of thiophene rings is 1. The molecule has 2 saturated heterocycles. The molecular formula is C22H30N8OS. The number of H-pyrrole nitrogens is 1. The van der Waals surface area contributed by atoms with Gasteiger partial charge < -0.3 is 20.9 Å². The fourth-order valence-electron chi connectivity index (χ4n) is 4.99. The van der Waals surface area contributed by atoms with E-state index >= 15 is 0 Å². The maximum absolute atomic E-state index is 12.6. The predicted octanol–water partition coefficient (Wildman–Crippen LogP) is 2.91. The van der Waals surface area contributed by atoms with Gasteiger partial charge >= 0.3 is 0 Å². The number of likely N-dealkylation sites (N-methyl/N-ethyl adjacent to an activating group) is 1. The number of aryl methyl sites for hydroxylation is 1. The topological polar surface area (TPSA) is 111 Å². The van der Waals surface area contributed by atoms with Crippen molar-refractivity contribution in [2.75, 3.05) is 31.3 Å². The predicted molar refractivity (Wildman–Crippen MR) is 128 cm³/mol. The van der Waals surface area contributed by atoms with E-state index in [1.54, 1.807) is 11.3 Å². The SMILES string of the molecule is Cc1cc(Nc2nc(N[C@@H]3C[C@H]4CC(C(=O)CN(C)C)C[C@@H](C3)N4)nc3sccc23)n[nH]1. The number of nitrogens with one attached hydrogen (secondary N) is 4. The van der Waals surface area contributed by atoms with Crippen LogP contribution in [0.4, 0.5) is 17.6 Å². The zero-order valence-electron chi connectivity index (χ0n) is 18.7. The Morgan fingerprint density at radius 3 is 2.69 bits per heavy atom. The molecule has 9 nitrogen and oxygen atoms in total. The zero-order valence-corrected chi connectivity index (χ0v) is 19.5. The fraction of sp³-hybridized carbons (Fsp3) is 0.545. The van der Waals surface area contributed by atoms with Crippen LogP contribution in [0.1, 0.15) is 31.4 Å². The number of carbonyl (C=O) groups excluding carboxylic acids is 1. The fourth-order valence-corrected chi connectivity index (χ4v) is 5.75. The molecule has 2 aliphatic heterocycles. The zero-order chi connectivity index (χ0) is 22.2. The van der Waals surface area contributed by atoms with Gasteiger partial charge in [0.05, 0.1) is 11.9 Å². The molecule has 0 saturated carbocycles. The first kappa shape index (κ1) is 21.3. The van der Waals surface area contributed by atoms with Gasteiger partial charge in [0, 0.05) is 35.8 Å². The molecular weight excluding hydrogens is 424 g/mol. The van der Waals surface area contributed by atoms with Crippen molar-refractivity contribution in [3.63, 3.8) is 0 Å². The molecule has 5 rings (SSSR count). The highest BCUT2D eigenvalue weighted by Gasteiger charge is 2.38. The van der Waals surface area contributed by atoms with Gasteiger partial charge in [-0.3, -0.25) is 9.89 Å². The number of hydrogen-bond acceptors (Lipinski definition) is 9. The Bertz CT molecular complexity index is 1090. The minimum Gasteiger partial charge on any atom is -0.351 e. The summed E-state index contributed by atoms with van der Waals surface area (Å²) in [6.07, 6.45) is 3.76. The van der Waals surface area contributed by atoms with Gasteiger partial charge in [0.25, 0.3) is 0 Å². The van der Waals surface area contributed by atoms with E-state index in [0.717, 1.165) is 53.2 Å². The van der Waals surface area contributed by atoms with Gasteiger partial charge in [-0.15, -0.1) is 11.3 Å². The molecule has 32 heavy (non-hydrogen) atoms. The monoisotopic (exact) mass is 454 g/mol. The van der Waals surface area contributed by atoms with Crippen LogP contribution in [0, 0.1) is 12.8 Å². The highest BCUT2D eigenvalue weighted by Crippen LogP contribution is 2.33. The molecule has 4 N–H and O–H groups in total. The van der Waals surface area contributed by atoms with E-state index in [1.165, 1.54) is 0 Å². The van der Waals surface area contributed by atoms with Crippen LogP contribution in [0.2, 0.25) is 0 Å². The lowest BCUT2D eigenvalue weighted by Crippen LogP contribution is -2.55. The van der Waals surface area contributed by atoms with Crippen LogP contribution < -0.4 is 16.0 Å². The molecule has 0 spiro atoms. The first-order valence-corrected chi connectivity index (χ1v) is 12.0. The summed E-state index contributed by atoms with van der Waals surface area (Å²) in [5, 5.41) is 20.9. The molecule has 3 aromatic heterocycles. The summed E-state index contributed by atoms with van der Waals surface area (Å²) in [7, 11) is 3.92. The third-order valence-electron chi connectivity index (χ3n) is 6.29. The van der Waals surface area contributed by atoms with E-state index < -0.39 is 0 Å². The molecule has 2 bridgehead atoms. The van der Waals surface area contributed by atoms with Gasteiger partial charge in [0.2, 0.25) is 5.95 Å². The molecule has 10 heteroatoms. The second-order valence-corrected chi connectivity index (χ2v) is 10.2. The van der Waals surface area contributed by atoms with Crippen LogP contribution in [0.15, 0.2) is 17.5 Å². The van der Waals surface area contributed by atoms with Crippen molar-refractivity contribution >= 4 is 44.9 Å². The Hall–Kier alpha value is -2.56. The first-order chi connectivity index (χ1) is 15.4. The number of ketones is 1. The third kappa shape index (κ3) is 4.62. The molecule has 0 radical (unpaired) electrons. The molecule has 4 atom stereocenters. The number of hydrogen-bond donors (Lipinski definition) is 4. The average molecular weight is 455 g/mol. The average Bonchev–Trinajstić information content (AvgIpc) is 3.35. The molecule has 0 aliphatic carbocycles. The number of rotatable bonds is 7. The summed E-state index contributed by atoms with van der Waals surface area (Å²) in [6.45, 7) is 2.50. The summed E-state index contributed by atoms with van der Waals surface area (Å²) < 4.78 is 0. The van der Waals surface area contributed by atoms with E-state index in [9.17, 15) is 4.79 Å². The van der Waals surface area contributed by atoms with Crippen molar-refractivity contribution in [2.45, 2.75) is 50.7 Å². The van der Waals surface area contributed by atoms with Gasteiger partial charge in [0.1, 0.15) is 16.4 Å². The standard InChI is InChI=1S/C22H30N8OS/c1-12-6-19(29-28-12)25-20-17-4-5-32-21(17)27-22(26-20)24-16-9-14-7-13(8-15(10-16)23-14)18(31)11-30(2)3/h4-6,13-16,23H,7-11H2,1-3H3,(H3,24,25,26,27,28,29)/t13?,14-,15+,16-. The molecule has 0 aromatic carbocycles. The summed E-state index contributed by atoms with van der Waals surface area (Å²) in [5.74, 6) is 2.67. The summed E-state index contributed by atoms with van der Waals surface area (Å²) >= 11 is 1.61. The van der Waals surface area contributed by atoms with Crippen molar-refractivity contribution in [1.29, 1.82) is 0 Å². The molecule has 1 unspecified atom stereocenters. The van der Waals surface area contributed by atoms with E-state index in [2.05, 4.69) is 26.1 Å². The number of nitrogens with zero attached hydrogens (tertiary/aromatic N) is 4. The number of anilines is 3. The second kappa shape index (κ2) is 8.76. The van der Waals surface area contributed by atoms with Gasteiger partial charge in [0.15, 0.2) is 5.82 Å².